The molecule has 3 radical (unpaired) electrons. The van der Waals surface area contributed by atoms with E-state index in [0.29, 0.717) is 0 Å². The van der Waals surface area contributed by atoms with Crippen molar-refractivity contribution in [3.63, 3.8) is 0 Å². The van der Waals surface area contributed by atoms with E-state index in [0.717, 1.165) is 14.7 Å². The number of fused-ring (bicyclic) bond motifs is 1. The van der Waals surface area contributed by atoms with E-state index in [1.54, 1.807) is 6.20 Å². The molecular formula is C8H5N2Sn. The molecule has 2 heterocycles. The fraction of sp³-hybridized carbons (Fsp3) is 0. The van der Waals surface area contributed by atoms with Gasteiger partial charge in [-0.2, -0.15) is 0 Å². The van der Waals surface area contributed by atoms with Gasteiger partial charge in [0.25, 0.3) is 0 Å². The van der Waals surface area contributed by atoms with Crippen molar-refractivity contribution in [3.05, 3.63) is 30.5 Å². The van der Waals surface area contributed by atoms with Crippen molar-refractivity contribution in [2.45, 2.75) is 0 Å². The van der Waals surface area contributed by atoms with Gasteiger partial charge in [0.05, 0.1) is 0 Å². The van der Waals surface area contributed by atoms with E-state index in [2.05, 4.69) is 16.0 Å². The molecule has 0 amide bonds. The summed E-state index contributed by atoms with van der Waals surface area (Å²) < 4.78 is 1.10. The van der Waals surface area contributed by atoms with Gasteiger partial charge in [-0.3, -0.25) is 0 Å². The first-order valence-corrected chi connectivity index (χ1v) is 4.72. The van der Waals surface area contributed by atoms with Crippen LogP contribution in [0.15, 0.2) is 30.5 Å². The zero-order chi connectivity index (χ0) is 7.68. The topological polar surface area (TPSA) is 25.8 Å². The zero-order valence-corrected chi connectivity index (χ0v) is 8.64. The summed E-state index contributed by atoms with van der Waals surface area (Å²) in [5, 5.41) is 1.11. The molecule has 0 aliphatic rings. The maximum atomic E-state index is 4.30. The molecular weight excluding hydrogens is 243 g/mol. The Morgan fingerprint density at radius 3 is 3.00 bits per heavy atom. The van der Waals surface area contributed by atoms with E-state index in [1.165, 1.54) is 22.5 Å². The molecule has 0 N–H and O–H groups in total. The van der Waals surface area contributed by atoms with Gasteiger partial charge < -0.3 is 0 Å². The summed E-state index contributed by atoms with van der Waals surface area (Å²) in [5.41, 5.74) is 0.849. The van der Waals surface area contributed by atoms with E-state index < -0.39 is 0 Å². The van der Waals surface area contributed by atoms with Crippen LogP contribution in [0.3, 0.4) is 0 Å². The first-order chi connectivity index (χ1) is 5.36. The van der Waals surface area contributed by atoms with Gasteiger partial charge in [-0.1, -0.05) is 0 Å². The van der Waals surface area contributed by atoms with Crippen LogP contribution in [0.1, 0.15) is 0 Å². The second-order valence-electron chi connectivity index (χ2n) is 2.25. The van der Waals surface area contributed by atoms with Crippen molar-refractivity contribution in [3.8, 4) is 0 Å². The number of aromatic nitrogens is 2. The van der Waals surface area contributed by atoms with Crippen LogP contribution in [0.25, 0.3) is 11.0 Å². The van der Waals surface area contributed by atoms with Crippen LogP contribution < -0.4 is 3.71 Å². The molecule has 0 spiro atoms. The van der Waals surface area contributed by atoms with Crippen molar-refractivity contribution in [1.82, 2.24) is 9.97 Å². The van der Waals surface area contributed by atoms with Crippen LogP contribution in [-0.2, 0) is 0 Å². The molecule has 2 rings (SSSR count). The summed E-state index contributed by atoms with van der Waals surface area (Å²) in [5.74, 6) is 0. The van der Waals surface area contributed by atoms with Crippen LogP contribution >= 0.6 is 0 Å². The molecule has 0 unspecified atom stereocenters. The standard InChI is InChI=1S/C8H5N2.Sn/c1-3-7-4-2-6-10-8(7)9-5-1;/h1-5H;. The van der Waals surface area contributed by atoms with E-state index >= 15 is 0 Å². The number of hydrogen-bond acceptors (Lipinski definition) is 2. The zero-order valence-electron chi connectivity index (χ0n) is 5.78. The van der Waals surface area contributed by atoms with Crippen LogP contribution in [0.2, 0.25) is 0 Å². The Kier molecular flexibility index (Phi) is 1.77. The molecule has 0 aromatic carbocycles. The number of pyridine rings is 2. The predicted octanol–water partition coefficient (Wildman–Crippen LogP) is 0.424. The van der Waals surface area contributed by atoms with Crippen molar-refractivity contribution < 1.29 is 0 Å². The summed E-state index contributed by atoms with van der Waals surface area (Å²) in [4.78, 5) is 8.45. The molecule has 0 aliphatic heterocycles. The van der Waals surface area contributed by atoms with Crippen LogP contribution in [-0.4, -0.2) is 32.5 Å². The molecule has 0 aliphatic carbocycles. The van der Waals surface area contributed by atoms with Gasteiger partial charge in [-0.25, -0.2) is 0 Å². The molecule has 0 atom stereocenters. The Morgan fingerprint density at radius 2 is 2.09 bits per heavy atom. The number of hydrogen-bond donors (Lipinski definition) is 0. The Bertz CT molecular complexity index is 387. The van der Waals surface area contributed by atoms with E-state index in [4.69, 9.17) is 0 Å². The Hall–Kier alpha value is -0.641. The van der Waals surface area contributed by atoms with Gasteiger partial charge in [0.2, 0.25) is 0 Å². The summed E-state index contributed by atoms with van der Waals surface area (Å²) in [6, 6.07) is 8.03. The first kappa shape index (κ1) is 7.03. The van der Waals surface area contributed by atoms with Gasteiger partial charge in [-0.15, -0.1) is 0 Å². The molecule has 0 bridgehead atoms. The van der Waals surface area contributed by atoms with Crippen molar-refractivity contribution >= 4 is 37.3 Å². The fourth-order valence-electron chi connectivity index (χ4n) is 0.953. The third kappa shape index (κ3) is 1.35. The maximum absolute atomic E-state index is 4.30. The van der Waals surface area contributed by atoms with Crippen LogP contribution in [0, 0.1) is 0 Å². The fourth-order valence-corrected chi connectivity index (χ4v) is 1.49. The second kappa shape index (κ2) is 2.77. The molecule has 0 fully saturated rings. The molecule has 0 saturated heterocycles. The van der Waals surface area contributed by atoms with Crippen molar-refractivity contribution in [2.24, 2.45) is 0 Å². The summed E-state index contributed by atoms with van der Waals surface area (Å²) in [6.45, 7) is 0. The second-order valence-corrected chi connectivity index (χ2v) is 3.71. The third-order valence-corrected chi connectivity index (χ3v) is 2.26. The van der Waals surface area contributed by atoms with Crippen LogP contribution in [0.5, 0.6) is 0 Å². The van der Waals surface area contributed by atoms with Gasteiger partial charge in [0, 0.05) is 0 Å². The van der Waals surface area contributed by atoms with Gasteiger partial charge >= 0.3 is 77.7 Å². The predicted molar refractivity (Wildman–Crippen MR) is 44.9 cm³/mol. The minimum atomic E-state index is 0.849. The number of rotatable bonds is 0. The molecule has 3 heteroatoms. The van der Waals surface area contributed by atoms with Crippen LogP contribution in [0.4, 0.5) is 0 Å². The van der Waals surface area contributed by atoms with Crippen molar-refractivity contribution in [1.29, 1.82) is 0 Å². The number of nitrogens with zero attached hydrogens (tertiary/aromatic N) is 2. The molecule has 0 saturated carbocycles. The van der Waals surface area contributed by atoms with Gasteiger partial charge in [-0.05, 0) is 0 Å². The normalized spacial score (nSPS) is 10.3. The summed E-state index contributed by atoms with van der Waals surface area (Å²) in [6.07, 6.45) is 1.77. The van der Waals surface area contributed by atoms with E-state index in [9.17, 15) is 0 Å². The monoisotopic (exact) mass is 249 g/mol. The summed E-state index contributed by atoms with van der Waals surface area (Å²) in [7, 11) is 0. The molecule has 51 valence electrons. The molecule has 2 aromatic rings. The Balaban J connectivity index is 2.83. The molecule has 2 nitrogen and oxygen atoms in total. The van der Waals surface area contributed by atoms with Crippen molar-refractivity contribution in [2.75, 3.05) is 0 Å². The Morgan fingerprint density at radius 1 is 1.18 bits per heavy atom. The van der Waals surface area contributed by atoms with Gasteiger partial charge in [0.1, 0.15) is 0 Å². The molecule has 2 aromatic heterocycles. The average molecular weight is 248 g/mol. The minimum absolute atomic E-state index is 0.849. The third-order valence-electron chi connectivity index (χ3n) is 1.46. The average Bonchev–Trinajstić information content (AvgIpc) is 2.04. The Labute approximate surface area is 77.8 Å². The van der Waals surface area contributed by atoms with E-state index in [-0.39, 0.29) is 0 Å². The summed E-state index contributed by atoms with van der Waals surface area (Å²) >= 11 is 1.34. The quantitative estimate of drug-likeness (QED) is 0.631. The molecule has 11 heavy (non-hydrogen) atoms. The van der Waals surface area contributed by atoms with E-state index in [1.807, 2.05) is 18.2 Å². The first-order valence-electron chi connectivity index (χ1n) is 3.30. The van der Waals surface area contributed by atoms with Gasteiger partial charge in [0.15, 0.2) is 0 Å². The SMILES string of the molecule is [Sn][c]1ccc2cccnc2n1.